The summed E-state index contributed by atoms with van der Waals surface area (Å²) in [5.74, 6) is 0.572. The number of anilines is 1. The average Bonchev–Trinajstić information content (AvgIpc) is 2.49. The summed E-state index contributed by atoms with van der Waals surface area (Å²) in [4.78, 5) is 20.4. The van der Waals surface area contributed by atoms with Crippen molar-refractivity contribution in [3.05, 3.63) is 23.4 Å². The Balaban J connectivity index is 3.29. The zero-order valence-electron chi connectivity index (χ0n) is 15.8. The molecule has 0 saturated heterocycles. The van der Waals surface area contributed by atoms with Gasteiger partial charge in [0.2, 0.25) is 0 Å². The van der Waals surface area contributed by atoms with Crippen LogP contribution in [0.5, 0.6) is 0 Å². The molecule has 7 heteroatoms. The van der Waals surface area contributed by atoms with Gasteiger partial charge in [-0.25, -0.2) is 4.98 Å². The summed E-state index contributed by atoms with van der Waals surface area (Å²) >= 11 is -1.39. The molecule has 0 saturated carbocycles. The standard InChI is InChI=1S/C17H28N4O2S/c1-12(2)21(8)15-9-14(16(22)20(6)7)13(10-18-15)11-19-24(23)17(3,4)5/h9-12H,1-8H3. The fourth-order valence-corrected chi connectivity index (χ4v) is 2.23. The quantitative estimate of drug-likeness (QED) is 0.603. The van der Waals surface area contributed by atoms with E-state index >= 15 is 0 Å². The summed E-state index contributed by atoms with van der Waals surface area (Å²) in [6, 6.07) is 2.01. The SMILES string of the molecule is CC(C)N(C)c1cc(C(=O)N(C)C)c(C=N[S+]([O-])C(C)(C)C)cn1. The lowest BCUT2D eigenvalue weighted by molar-refractivity contribution is 0.0827. The van der Waals surface area contributed by atoms with Crippen molar-refractivity contribution in [2.24, 2.45) is 4.40 Å². The Bertz CT molecular complexity index is 609. The maximum absolute atomic E-state index is 12.5. The van der Waals surface area contributed by atoms with Crippen molar-refractivity contribution in [2.45, 2.75) is 45.4 Å². The van der Waals surface area contributed by atoms with Crippen molar-refractivity contribution >= 4 is 29.3 Å². The van der Waals surface area contributed by atoms with Crippen LogP contribution in [0.1, 0.15) is 50.5 Å². The second kappa shape index (κ2) is 7.98. The van der Waals surface area contributed by atoms with E-state index in [1.54, 1.807) is 26.4 Å². The molecule has 1 aromatic rings. The van der Waals surface area contributed by atoms with E-state index in [-0.39, 0.29) is 11.9 Å². The molecule has 134 valence electrons. The minimum absolute atomic E-state index is 0.140. The highest BCUT2D eigenvalue weighted by Gasteiger charge is 2.26. The highest BCUT2D eigenvalue weighted by Crippen LogP contribution is 2.20. The molecule has 0 fully saturated rings. The zero-order valence-corrected chi connectivity index (χ0v) is 16.6. The molecule has 0 aromatic carbocycles. The van der Waals surface area contributed by atoms with Crippen LogP contribution in [-0.4, -0.2) is 58.5 Å². The first kappa shape index (κ1) is 20.4. The van der Waals surface area contributed by atoms with Gasteiger partial charge in [0, 0.05) is 38.9 Å². The Morgan fingerprint density at radius 3 is 2.38 bits per heavy atom. The van der Waals surface area contributed by atoms with E-state index in [2.05, 4.69) is 23.2 Å². The Morgan fingerprint density at radius 1 is 1.33 bits per heavy atom. The number of amides is 1. The third-order valence-corrected chi connectivity index (χ3v) is 4.85. The van der Waals surface area contributed by atoms with E-state index < -0.39 is 16.1 Å². The molecule has 6 nitrogen and oxygen atoms in total. The molecule has 0 N–H and O–H groups in total. The predicted molar refractivity (Wildman–Crippen MR) is 101 cm³/mol. The molecule has 1 aromatic heterocycles. The molecular weight excluding hydrogens is 324 g/mol. The maximum Gasteiger partial charge on any atom is 0.254 e. The van der Waals surface area contributed by atoms with Gasteiger partial charge in [0.1, 0.15) is 21.9 Å². The summed E-state index contributed by atoms with van der Waals surface area (Å²) in [5, 5.41) is 0. The number of carbonyl (C=O) groups excluding carboxylic acids is 1. The van der Waals surface area contributed by atoms with Crippen molar-refractivity contribution in [3.63, 3.8) is 0 Å². The van der Waals surface area contributed by atoms with Gasteiger partial charge in [-0.05, 0) is 40.7 Å². The van der Waals surface area contributed by atoms with Gasteiger partial charge < -0.3 is 14.4 Å². The van der Waals surface area contributed by atoms with Crippen LogP contribution in [0.25, 0.3) is 0 Å². The van der Waals surface area contributed by atoms with Crippen LogP contribution in [0.3, 0.4) is 0 Å². The second-order valence-corrected chi connectivity index (χ2v) is 9.06. The molecule has 0 aliphatic rings. The van der Waals surface area contributed by atoms with E-state index in [0.29, 0.717) is 16.9 Å². The molecule has 0 radical (unpaired) electrons. The van der Waals surface area contributed by atoms with Gasteiger partial charge in [-0.15, -0.1) is 0 Å². The van der Waals surface area contributed by atoms with E-state index in [0.717, 1.165) is 0 Å². The van der Waals surface area contributed by atoms with Crippen molar-refractivity contribution in [2.75, 3.05) is 26.0 Å². The topological polar surface area (TPSA) is 71.9 Å². The smallest absolute Gasteiger partial charge is 0.254 e. The number of carbonyl (C=O) groups is 1. The van der Waals surface area contributed by atoms with Crippen LogP contribution in [0, 0.1) is 0 Å². The maximum atomic E-state index is 12.5. The summed E-state index contributed by atoms with van der Waals surface area (Å²) in [6.45, 7) is 9.66. The number of rotatable bonds is 5. The van der Waals surface area contributed by atoms with Crippen LogP contribution in [0.15, 0.2) is 16.7 Å². The molecule has 24 heavy (non-hydrogen) atoms. The highest BCUT2D eigenvalue weighted by molar-refractivity contribution is 7.91. The van der Waals surface area contributed by atoms with Gasteiger partial charge in [0.15, 0.2) is 0 Å². The first-order valence-corrected chi connectivity index (χ1v) is 8.96. The van der Waals surface area contributed by atoms with Gasteiger partial charge >= 0.3 is 0 Å². The lowest BCUT2D eigenvalue weighted by Gasteiger charge is -2.24. The molecule has 1 heterocycles. The van der Waals surface area contributed by atoms with Crippen LogP contribution < -0.4 is 4.90 Å². The van der Waals surface area contributed by atoms with Crippen molar-refractivity contribution in [3.8, 4) is 0 Å². The van der Waals surface area contributed by atoms with Gasteiger partial charge in [-0.1, -0.05) is 4.40 Å². The summed E-state index contributed by atoms with van der Waals surface area (Å²) < 4.78 is 15.8. The number of hydrogen-bond donors (Lipinski definition) is 0. The Hall–Kier alpha value is -1.60. The fraction of sp³-hybridized carbons (Fsp3) is 0.588. The fourth-order valence-electron chi connectivity index (χ4n) is 1.70. The first-order valence-electron chi connectivity index (χ1n) is 7.85. The van der Waals surface area contributed by atoms with Crippen LogP contribution >= 0.6 is 0 Å². The minimum Gasteiger partial charge on any atom is -0.591 e. The zero-order chi connectivity index (χ0) is 18.7. The van der Waals surface area contributed by atoms with Gasteiger partial charge in [0.25, 0.3) is 5.91 Å². The summed E-state index contributed by atoms with van der Waals surface area (Å²) in [6.07, 6.45) is 3.08. The van der Waals surface area contributed by atoms with E-state index in [9.17, 15) is 9.35 Å². The molecular formula is C17H28N4O2S. The van der Waals surface area contributed by atoms with Crippen LogP contribution in [0.4, 0.5) is 5.82 Å². The lowest BCUT2D eigenvalue weighted by atomic mass is 10.1. The molecule has 0 aliphatic heterocycles. The van der Waals surface area contributed by atoms with E-state index in [1.165, 1.54) is 11.1 Å². The number of hydrogen-bond acceptors (Lipinski definition) is 5. The minimum atomic E-state index is -1.39. The third-order valence-electron chi connectivity index (χ3n) is 3.50. The molecule has 1 amide bonds. The monoisotopic (exact) mass is 352 g/mol. The lowest BCUT2D eigenvalue weighted by Crippen LogP contribution is -2.28. The largest absolute Gasteiger partial charge is 0.591 e. The third kappa shape index (κ3) is 5.21. The molecule has 1 atom stereocenters. The normalized spacial score (nSPS) is 13.4. The molecule has 0 aliphatic carbocycles. The Kier molecular flexibility index (Phi) is 6.80. The second-order valence-electron chi connectivity index (χ2n) is 7.13. The number of nitrogens with zero attached hydrogens (tertiary/aromatic N) is 4. The van der Waals surface area contributed by atoms with Crippen LogP contribution in [-0.2, 0) is 11.4 Å². The van der Waals surface area contributed by atoms with Crippen molar-refractivity contribution in [1.82, 2.24) is 9.88 Å². The summed E-state index contributed by atoms with van der Waals surface area (Å²) in [5.41, 5.74) is 1.05. The first-order chi connectivity index (χ1) is 10.9. The Labute approximate surface area is 148 Å². The average molecular weight is 353 g/mol. The van der Waals surface area contributed by atoms with E-state index in [4.69, 9.17) is 0 Å². The Morgan fingerprint density at radius 2 is 1.92 bits per heavy atom. The van der Waals surface area contributed by atoms with Crippen LogP contribution in [0.2, 0.25) is 0 Å². The molecule has 1 unspecified atom stereocenters. The molecule has 1 rings (SSSR count). The van der Waals surface area contributed by atoms with Crippen molar-refractivity contribution < 1.29 is 9.35 Å². The van der Waals surface area contributed by atoms with Gasteiger partial charge in [-0.2, -0.15) is 0 Å². The van der Waals surface area contributed by atoms with Gasteiger partial charge in [0.05, 0.1) is 11.8 Å². The van der Waals surface area contributed by atoms with E-state index in [1.807, 2.05) is 32.7 Å². The summed E-state index contributed by atoms with van der Waals surface area (Å²) in [7, 11) is 5.32. The molecule has 0 bridgehead atoms. The molecule has 0 spiro atoms. The van der Waals surface area contributed by atoms with Crippen molar-refractivity contribution in [1.29, 1.82) is 0 Å². The number of aromatic nitrogens is 1. The van der Waals surface area contributed by atoms with Gasteiger partial charge in [-0.3, -0.25) is 4.79 Å². The highest BCUT2D eigenvalue weighted by atomic mass is 32.2. The number of pyridine rings is 1. The predicted octanol–water partition coefficient (Wildman–Crippen LogP) is 2.51.